The normalized spacial score (nSPS) is 27.5. The van der Waals surface area contributed by atoms with Gasteiger partial charge in [-0.2, -0.15) is 0 Å². The van der Waals surface area contributed by atoms with Gasteiger partial charge in [-0.3, -0.25) is 0 Å². The number of alkyl halides is 3. The number of hydrogen-bond acceptors (Lipinski definition) is 5. The van der Waals surface area contributed by atoms with Crippen LogP contribution in [0, 0.1) is 11.8 Å². The van der Waals surface area contributed by atoms with Gasteiger partial charge < -0.3 is 24.8 Å². The first kappa shape index (κ1) is 24.6. The number of benzene rings is 2. The van der Waals surface area contributed by atoms with Crippen molar-refractivity contribution in [2.24, 2.45) is 11.8 Å². The van der Waals surface area contributed by atoms with Crippen LogP contribution in [0.2, 0.25) is 0 Å². The molecule has 192 valence electrons. The minimum atomic E-state index is -4.79. The van der Waals surface area contributed by atoms with E-state index in [2.05, 4.69) is 4.74 Å². The topological polar surface area (TPSA) is 96.2 Å². The number of hydrogen-bond donors (Lipinski definition) is 3. The van der Waals surface area contributed by atoms with Crippen LogP contribution in [0.5, 0.6) is 11.5 Å². The second kappa shape index (κ2) is 9.12. The predicted molar refractivity (Wildman–Crippen MR) is 123 cm³/mol. The van der Waals surface area contributed by atoms with Crippen molar-refractivity contribution in [1.29, 1.82) is 0 Å². The quantitative estimate of drug-likeness (QED) is 0.497. The lowest BCUT2D eigenvalue weighted by molar-refractivity contribution is -0.274. The van der Waals surface area contributed by atoms with E-state index in [1.54, 1.807) is 30.4 Å². The molecular formula is C27H27F3O6. The molecule has 2 aromatic rings. The van der Waals surface area contributed by atoms with Crippen LogP contribution in [0.1, 0.15) is 47.2 Å². The largest absolute Gasteiger partial charge is 0.573 e. The fraction of sp³-hybridized carbons (Fsp3) is 0.444. The van der Waals surface area contributed by atoms with E-state index in [0.29, 0.717) is 37.0 Å². The van der Waals surface area contributed by atoms with Crippen LogP contribution in [-0.4, -0.2) is 46.0 Å². The molecule has 5 rings (SSSR count). The van der Waals surface area contributed by atoms with E-state index in [-0.39, 0.29) is 29.3 Å². The summed E-state index contributed by atoms with van der Waals surface area (Å²) in [6, 6.07) is 10.6. The van der Waals surface area contributed by atoms with Crippen molar-refractivity contribution in [3.8, 4) is 11.5 Å². The van der Waals surface area contributed by atoms with Gasteiger partial charge in [0.15, 0.2) is 0 Å². The first-order chi connectivity index (χ1) is 17.1. The Bertz CT molecular complexity index is 1170. The average Bonchev–Trinajstić information content (AvgIpc) is 3.59. The molecule has 0 spiro atoms. The number of carboxylic acids is 1. The van der Waals surface area contributed by atoms with Crippen LogP contribution in [0.25, 0.3) is 0 Å². The SMILES string of the molecule is O=C(O)c1ccc2c(c1)O[C@H]1C[C@@H](O)[C@H](/C=C/C(O)C3(c4cccc(OC(F)(F)F)c4)CC3)[C@H]1CC2. The molecule has 0 bridgehead atoms. The fourth-order valence-corrected chi connectivity index (χ4v) is 5.69. The fourth-order valence-electron chi connectivity index (χ4n) is 5.69. The summed E-state index contributed by atoms with van der Waals surface area (Å²) in [5.74, 6) is -1.13. The Labute approximate surface area is 206 Å². The van der Waals surface area contributed by atoms with Gasteiger partial charge >= 0.3 is 12.3 Å². The van der Waals surface area contributed by atoms with Gasteiger partial charge in [0, 0.05) is 23.7 Å². The van der Waals surface area contributed by atoms with Crippen LogP contribution in [0.15, 0.2) is 54.6 Å². The lowest BCUT2D eigenvalue weighted by atomic mass is 9.85. The van der Waals surface area contributed by atoms with Gasteiger partial charge in [0.2, 0.25) is 0 Å². The van der Waals surface area contributed by atoms with E-state index in [9.17, 15) is 33.3 Å². The highest BCUT2D eigenvalue weighted by atomic mass is 19.4. The highest BCUT2D eigenvalue weighted by Crippen LogP contribution is 2.52. The lowest BCUT2D eigenvalue weighted by Gasteiger charge is -2.24. The maximum Gasteiger partial charge on any atom is 0.573 e. The molecule has 5 atom stereocenters. The van der Waals surface area contributed by atoms with Gasteiger partial charge in [-0.05, 0) is 61.1 Å². The predicted octanol–water partition coefficient (Wildman–Crippen LogP) is 4.62. The minimum Gasteiger partial charge on any atom is -0.490 e. The maximum absolute atomic E-state index is 12.6. The standard InChI is InChI=1S/C27H27F3O6/c28-27(29,30)36-18-3-1-2-17(13-18)26(10-11-26)24(32)9-8-19-20-7-6-15-4-5-16(25(33)34)12-22(15)35-23(20)14-21(19)31/h1-5,8-9,12-13,19-21,23-24,31-32H,6-7,10-11,14H2,(H,33,34)/b9-8+/t19-,20-,21-,23+,24?/m1/s1. The number of rotatable bonds is 6. The molecule has 1 aliphatic heterocycles. The highest BCUT2D eigenvalue weighted by Gasteiger charge is 2.50. The molecule has 0 saturated heterocycles. The van der Waals surface area contributed by atoms with Crippen molar-refractivity contribution in [3.63, 3.8) is 0 Å². The number of aryl methyl sites for hydroxylation is 1. The van der Waals surface area contributed by atoms with E-state index >= 15 is 0 Å². The highest BCUT2D eigenvalue weighted by molar-refractivity contribution is 5.88. The van der Waals surface area contributed by atoms with Crippen molar-refractivity contribution in [2.75, 3.05) is 0 Å². The Balaban J connectivity index is 1.31. The molecule has 1 unspecified atom stereocenters. The zero-order chi connectivity index (χ0) is 25.7. The van der Waals surface area contributed by atoms with Crippen LogP contribution < -0.4 is 9.47 Å². The lowest BCUT2D eigenvalue weighted by Crippen LogP contribution is -2.26. The Morgan fingerprint density at radius 3 is 2.67 bits per heavy atom. The average molecular weight is 505 g/mol. The van der Waals surface area contributed by atoms with Crippen LogP contribution in [0.4, 0.5) is 13.2 Å². The van der Waals surface area contributed by atoms with Gasteiger partial charge in [0.05, 0.1) is 17.8 Å². The molecule has 36 heavy (non-hydrogen) atoms. The van der Waals surface area contributed by atoms with E-state index < -0.39 is 30.0 Å². The summed E-state index contributed by atoms with van der Waals surface area (Å²) in [6.45, 7) is 0. The van der Waals surface area contributed by atoms with Gasteiger partial charge in [-0.25, -0.2) is 4.79 Å². The number of halogens is 3. The van der Waals surface area contributed by atoms with E-state index in [4.69, 9.17) is 4.74 Å². The Hall–Kier alpha value is -3.04. The van der Waals surface area contributed by atoms with Gasteiger partial charge in [-0.15, -0.1) is 13.2 Å². The molecule has 2 aliphatic carbocycles. The summed E-state index contributed by atoms with van der Waals surface area (Å²) in [5, 5.41) is 31.1. The third-order valence-corrected chi connectivity index (χ3v) is 7.74. The summed E-state index contributed by atoms with van der Waals surface area (Å²) < 4.78 is 48.1. The summed E-state index contributed by atoms with van der Waals surface area (Å²) in [7, 11) is 0. The summed E-state index contributed by atoms with van der Waals surface area (Å²) in [4.78, 5) is 11.3. The van der Waals surface area contributed by atoms with Crippen molar-refractivity contribution >= 4 is 5.97 Å². The van der Waals surface area contributed by atoms with Crippen LogP contribution in [0.3, 0.4) is 0 Å². The molecule has 0 aromatic heterocycles. The summed E-state index contributed by atoms with van der Waals surface area (Å²) in [6.07, 6.45) is -0.233. The van der Waals surface area contributed by atoms with Crippen LogP contribution >= 0.6 is 0 Å². The van der Waals surface area contributed by atoms with Gasteiger partial charge in [0.25, 0.3) is 0 Å². The number of ether oxygens (including phenoxy) is 2. The van der Waals surface area contributed by atoms with Crippen LogP contribution in [-0.2, 0) is 11.8 Å². The Morgan fingerprint density at radius 2 is 1.97 bits per heavy atom. The molecular weight excluding hydrogens is 477 g/mol. The van der Waals surface area contributed by atoms with E-state index in [1.165, 1.54) is 24.3 Å². The number of carbonyl (C=O) groups is 1. The molecule has 1 heterocycles. The van der Waals surface area contributed by atoms with Gasteiger partial charge in [0.1, 0.15) is 17.6 Å². The molecule has 2 saturated carbocycles. The Morgan fingerprint density at radius 1 is 1.19 bits per heavy atom. The molecule has 2 aromatic carbocycles. The first-order valence-corrected chi connectivity index (χ1v) is 12.0. The maximum atomic E-state index is 12.6. The van der Waals surface area contributed by atoms with Crippen molar-refractivity contribution in [3.05, 3.63) is 71.3 Å². The first-order valence-electron chi connectivity index (χ1n) is 12.0. The molecule has 9 heteroatoms. The zero-order valence-electron chi connectivity index (χ0n) is 19.3. The van der Waals surface area contributed by atoms with E-state index in [1.807, 2.05) is 0 Å². The number of fused-ring (bicyclic) bond motifs is 2. The second-order valence-electron chi connectivity index (χ2n) is 9.93. The smallest absolute Gasteiger partial charge is 0.490 e. The zero-order valence-corrected chi connectivity index (χ0v) is 19.3. The number of carboxylic acid groups (broad SMARTS) is 1. The van der Waals surface area contributed by atoms with Gasteiger partial charge in [-0.1, -0.05) is 30.4 Å². The Kier molecular flexibility index (Phi) is 6.24. The molecule has 2 fully saturated rings. The summed E-state index contributed by atoms with van der Waals surface area (Å²) >= 11 is 0. The third-order valence-electron chi connectivity index (χ3n) is 7.74. The van der Waals surface area contributed by atoms with E-state index in [0.717, 1.165) is 12.0 Å². The van der Waals surface area contributed by atoms with Crippen molar-refractivity contribution < 1.29 is 42.8 Å². The number of aliphatic hydroxyl groups is 2. The molecule has 0 radical (unpaired) electrons. The molecule has 3 aliphatic rings. The minimum absolute atomic E-state index is 0.0252. The number of aromatic carboxylic acids is 1. The third kappa shape index (κ3) is 4.82. The van der Waals surface area contributed by atoms with Crippen molar-refractivity contribution in [1.82, 2.24) is 0 Å². The summed E-state index contributed by atoms with van der Waals surface area (Å²) in [5.41, 5.74) is 0.955. The molecule has 3 N–H and O–H groups in total. The molecule has 6 nitrogen and oxygen atoms in total. The number of aliphatic hydroxyl groups excluding tert-OH is 2. The monoisotopic (exact) mass is 504 g/mol. The molecule has 0 amide bonds. The second-order valence-corrected chi connectivity index (χ2v) is 9.93. The van der Waals surface area contributed by atoms with Crippen molar-refractivity contribution in [2.45, 2.75) is 62.2 Å².